The van der Waals surface area contributed by atoms with Gasteiger partial charge in [0.1, 0.15) is 0 Å². The van der Waals surface area contributed by atoms with Crippen LogP contribution in [0.5, 0.6) is 0 Å². The maximum atomic E-state index is 10.2. The molecule has 0 aliphatic heterocycles. The lowest BCUT2D eigenvalue weighted by molar-refractivity contribution is 0.154. The molecule has 0 bridgehead atoms. The van der Waals surface area contributed by atoms with Gasteiger partial charge in [-0.05, 0) is 19.4 Å². The molecule has 0 aromatic rings. The van der Waals surface area contributed by atoms with Crippen LogP contribution in [-0.4, -0.2) is 19.2 Å². The van der Waals surface area contributed by atoms with Gasteiger partial charge in [0.2, 0.25) is 0 Å². The fraction of sp³-hybridized carbons (Fsp3) is 0.947. The second kappa shape index (κ2) is 23.5. The summed E-state index contributed by atoms with van der Waals surface area (Å²) in [6.45, 7) is 5.80. The number of carbonyl (C=O) groups excluding carboxylic acids is 1. The van der Waals surface area contributed by atoms with Gasteiger partial charge in [0.25, 0.3) is 0 Å². The van der Waals surface area contributed by atoms with Crippen LogP contribution in [0.4, 0.5) is 4.79 Å². The molecular formula is C19H42N2O2. The molecule has 0 radical (unpaired) electrons. The van der Waals surface area contributed by atoms with Crippen LogP contribution in [0.15, 0.2) is 0 Å². The van der Waals surface area contributed by atoms with Gasteiger partial charge in [-0.3, -0.25) is 0 Å². The van der Waals surface area contributed by atoms with Gasteiger partial charge < -0.3 is 16.2 Å². The zero-order valence-electron chi connectivity index (χ0n) is 15.8. The fourth-order valence-corrected chi connectivity index (χ4v) is 2.33. The Balaban J connectivity index is 0. The molecule has 23 heavy (non-hydrogen) atoms. The summed E-state index contributed by atoms with van der Waals surface area (Å²) in [7, 11) is 0. The van der Waals surface area contributed by atoms with E-state index in [1.807, 2.05) is 0 Å². The molecule has 0 unspecified atom stereocenters. The number of rotatable bonds is 15. The molecule has 0 atom stereocenters. The quantitative estimate of drug-likeness (QED) is 0.388. The van der Waals surface area contributed by atoms with Gasteiger partial charge in [-0.15, -0.1) is 0 Å². The minimum atomic E-state index is -0.661. The molecule has 0 rings (SSSR count). The Hall–Kier alpha value is -0.770. The molecule has 0 aromatic heterocycles. The van der Waals surface area contributed by atoms with Crippen LogP contribution in [0.25, 0.3) is 0 Å². The number of nitrogens with two attached hydrogens (primary N) is 2. The average molecular weight is 331 g/mol. The molecule has 0 aromatic carbocycles. The smallest absolute Gasteiger partial charge is 0.404 e. The lowest BCUT2D eigenvalue weighted by atomic mass is 10.1. The summed E-state index contributed by atoms with van der Waals surface area (Å²) < 4.78 is 4.61. The average Bonchev–Trinajstić information content (AvgIpc) is 2.54. The number of amides is 1. The molecule has 0 saturated heterocycles. The number of ether oxygens (including phenoxy) is 1. The van der Waals surface area contributed by atoms with Crippen molar-refractivity contribution in [1.82, 2.24) is 0 Å². The minimum Gasteiger partial charge on any atom is -0.450 e. The van der Waals surface area contributed by atoms with Crippen molar-refractivity contribution in [1.29, 1.82) is 0 Å². The third kappa shape index (κ3) is 29.8. The summed E-state index contributed by atoms with van der Waals surface area (Å²) in [6, 6.07) is 0. The van der Waals surface area contributed by atoms with Crippen molar-refractivity contribution >= 4 is 6.09 Å². The minimum absolute atomic E-state index is 0.475. The first-order valence-corrected chi connectivity index (χ1v) is 9.81. The monoisotopic (exact) mass is 330 g/mol. The van der Waals surface area contributed by atoms with Crippen molar-refractivity contribution in [3.63, 3.8) is 0 Å². The molecule has 0 fully saturated rings. The lowest BCUT2D eigenvalue weighted by Gasteiger charge is -2.01. The first-order chi connectivity index (χ1) is 11.2. The van der Waals surface area contributed by atoms with Gasteiger partial charge in [-0.2, -0.15) is 0 Å². The van der Waals surface area contributed by atoms with E-state index in [1.54, 1.807) is 0 Å². The maximum Gasteiger partial charge on any atom is 0.404 e. The number of carbonyl (C=O) groups is 1. The van der Waals surface area contributed by atoms with Crippen LogP contribution in [0, 0.1) is 0 Å². The van der Waals surface area contributed by atoms with Gasteiger partial charge in [0, 0.05) is 0 Å². The molecule has 4 heteroatoms. The summed E-state index contributed by atoms with van der Waals surface area (Å²) in [5.41, 5.74) is 10.2. The second-order valence-corrected chi connectivity index (χ2v) is 6.20. The van der Waals surface area contributed by atoms with E-state index in [2.05, 4.69) is 18.6 Å². The van der Waals surface area contributed by atoms with Crippen LogP contribution in [0.3, 0.4) is 0 Å². The third-order valence-corrected chi connectivity index (χ3v) is 3.80. The number of unbranched alkanes of at least 4 members (excludes halogenated alkanes) is 12. The summed E-state index contributed by atoms with van der Waals surface area (Å²) in [4.78, 5) is 10.2. The van der Waals surface area contributed by atoms with Gasteiger partial charge in [-0.25, -0.2) is 4.79 Å². The van der Waals surface area contributed by atoms with Gasteiger partial charge in [-0.1, -0.05) is 90.9 Å². The predicted octanol–water partition coefficient (Wildman–Crippen LogP) is 5.53. The lowest BCUT2D eigenvalue weighted by Crippen LogP contribution is -2.13. The molecule has 4 nitrogen and oxygen atoms in total. The Morgan fingerprint density at radius 1 is 0.696 bits per heavy atom. The normalized spacial score (nSPS) is 10.0. The van der Waals surface area contributed by atoms with E-state index < -0.39 is 6.09 Å². The van der Waals surface area contributed by atoms with Crippen molar-refractivity contribution in [2.45, 2.75) is 104 Å². The second-order valence-electron chi connectivity index (χ2n) is 6.20. The standard InChI is InChI=1S/C10H21NO2.C9H21N/c1-2-3-4-5-6-7-8-9-13-10(11)12;1-2-3-4-5-6-7-8-9-10/h2-9H2,1H3,(H2,11,12);2-10H2,1H3. The largest absolute Gasteiger partial charge is 0.450 e. The molecule has 0 aliphatic carbocycles. The zero-order chi connectivity index (χ0) is 17.6. The van der Waals surface area contributed by atoms with Crippen molar-refractivity contribution < 1.29 is 9.53 Å². The highest BCUT2D eigenvalue weighted by atomic mass is 16.5. The van der Waals surface area contributed by atoms with E-state index in [0.29, 0.717) is 6.61 Å². The molecule has 0 spiro atoms. The number of hydrogen-bond donors (Lipinski definition) is 2. The first-order valence-electron chi connectivity index (χ1n) is 9.81. The molecule has 0 saturated carbocycles. The highest BCUT2D eigenvalue weighted by Gasteiger charge is 1.93. The molecule has 0 heterocycles. The summed E-state index contributed by atoms with van der Waals surface area (Å²) in [5, 5.41) is 0. The van der Waals surface area contributed by atoms with Gasteiger partial charge >= 0.3 is 6.09 Å². The summed E-state index contributed by atoms with van der Waals surface area (Å²) >= 11 is 0. The molecular weight excluding hydrogens is 288 g/mol. The molecule has 0 aliphatic rings. The van der Waals surface area contributed by atoms with Crippen molar-refractivity contribution in [3.8, 4) is 0 Å². The van der Waals surface area contributed by atoms with E-state index in [9.17, 15) is 4.79 Å². The fourth-order valence-electron chi connectivity index (χ4n) is 2.33. The molecule has 1 amide bonds. The number of hydrogen-bond acceptors (Lipinski definition) is 3. The van der Waals surface area contributed by atoms with Gasteiger partial charge in [0.15, 0.2) is 0 Å². The highest BCUT2D eigenvalue weighted by Crippen LogP contribution is 2.07. The van der Waals surface area contributed by atoms with E-state index in [1.165, 1.54) is 77.0 Å². The topological polar surface area (TPSA) is 78.3 Å². The predicted molar refractivity (Wildman–Crippen MR) is 101 cm³/mol. The number of primary amides is 1. The summed E-state index contributed by atoms with van der Waals surface area (Å²) in [5.74, 6) is 0. The molecule has 140 valence electrons. The van der Waals surface area contributed by atoms with Crippen molar-refractivity contribution in [2.24, 2.45) is 11.5 Å². The van der Waals surface area contributed by atoms with E-state index in [-0.39, 0.29) is 0 Å². The highest BCUT2D eigenvalue weighted by molar-refractivity contribution is 5.64. The van der Waals surface area contributed by atoms with Gasteiger partial charge in [0.05, 0.1) is 6.61 Å². The zero-order valence-corrected chi connectivity index (χ0v) is 15.8. The Morgan fingerprint density at radius 3 is 1.48 bits per heavy atom. The van der Waals surface area contributed by atoms with Crippen molar-refractivity contribution in [3.05, 3.63) is 0 Å². The molecule has 4 N–H and O–H groups in total. The van der Waals surface area contributed by atoms with Crippen molar-refractivity contribution in [2.75, 3.05) is 13.2 Å². The Labute approximate surface area is 144 Å². The Bertz CT molecular complexity index is 215. The Kier molecular flexibility index (Phi) is 25.0. The summed E-state index contributed by atoms with van der Waals surface area (Å²) in [6.07, 6.45) is 17.4. The maximum absolute atomic E-state index is 10.2. The first kappa shape index (κ1) is 24.5. The van der Waals surface area contributed by atoms with Crippen LogP contribution >= 0.6 is 0 Å². The third-order valence-electron chi connectivity index (χ3n) is 3.80. The van der Waals surface area contributed by atoms with Crippen LogP contribution < -0.4 is 11.5 Å². The Morgan fingerprint density at radius 2 is 1.09 bits per heavy atom. The van der Waals surface area contributed by atoms with E-state index >= 15 is 0 Å². The van der Waals surface area contributed by atoms with Crippen LogP contribution in [0.2, 0.25) is 0 Å². The van der Waals surface area contributed by atoms with Crippen LogP contribution in [0.1, 0.15) is 104 Å². The SMILES string of the molecule is CCCCCCCCCN.CCCCCCCCCOC(N)=O. The van der Waals surface area contributed by atoms with E-state index in [0.717, 1.165) is 19.4 Å². The van der Waals surface area contributed by atoms with E-state index in [4.69, 9.17) is 11.5 Å². The van der Waals surface area contributed by atoms with Crippen LogP contribution in [-0.2, 0) is 4.74 Å².